The van der Waals surface area contributed by atoms with Crippen molar-refractivity contribution in [3.05, 3.63) is 58.0 Å². The van der Waals surface area contributed by atoms with Crippen molar-refractivity contribution in [3.8, 4) is 0 Å². The Hall–Kier alpha value is -1.72. The third-order valence-corrected chi connectivity index (χ3v) is 3.40. The Kier molecular flexibility index (Phi) is 4.65. The van der Waals surface area contributed by atoms with Gasteiger partial charge in [0.1, 0.15) is 5.82 Å². The highest BCUT2D eigenvalue weighted by Crippen LogP contribution is 2.15. The molecule has 0 bridgehead atoms. The zero-order valence-electron chi connectivity index (χ0n) is 10.2. The van der Waals surface area contributed by atoms with Gasteiger partial charge in [-0.3, -0.25) is 4.79 Å². The van der Waals surface area contributed by atoms with Crippen molar-refractivity contribution >= 4 is 17.2 Å². The van der Waals surface area contributed by atoms with E-state index in [0.29, 0.717) is 0 Å². The summed E-state index contributed by atoms with van der Waals surface area (Å²) < 4.78 is 12.7. The number of rotatable bonds is 5. The minimum Gasteiger partial charge on any atom is -0.387 e. The average molecular weight is 279 g/mol. The van der Waals surface area contributed by atoms with Crippen molar-refractivity contribution in [2.24, 2.45) is 0 Å². The summed E-state index contributed by atoms with van der Waals surface area (Å²) in [5.74, 6) is -0.516. The Balaban J connectivity index is 1.80. The Bertz CT molecular complexity index is 525. The topological polar surface area (TPSA) is 49.3 Å². The number of thiophene rings is 1. The molecular formula is C14H14FNO2S. The van der Waals surface area contributed by atoms with Crippen molar-refractivity contribution in [3.63, 3.8) is 0 Å². The molecule has 1 amide bonds. The van der Waals surface area contributed by atoms with Gasteiger partial charge in [0.05, 0.1) is 12.5 Å². The van der Waals surface area contributed by atoms with Crippen LogP contribution in [0.5, 0.6) is 0 Å². The second-order valence-electron chi connectivity index (χ2n) is 4.18. The molecule has 2 N–H and O–H groups in total. The van der Waals surface area contributed by atoms with E-state index in [1.807, 2.05) is 16.8 Å². The first-order valence-electron chi connectivity index (χ1n) is 5.86. The zero-order chi connectivity index (χ0) is 13.7. The van der Waals surface area contributed by atoms with Crippen LogP contribution in [0.4, 0.5) is 4.39 Å². The first kappa shape index (κ1) is 13.7. The molecule has 1 aromatic carbocycles. The minimum absolute atomic E-state index is 0.177. The van der Waals surface area contributed by atoms with Crippen molar-refractivity contribution in [2.45, 2.75) is 12.5 Å². The molecule has 0 fully saturated rings. The van der Waals surface area contributed by atoms with Crippen LogP contribution in [0.3, 0.4) is 0 Å². The molecule has 2 rings (SSSR count). The van der Waals surface area contributed by atoms with Gasteiger partial charge in [-0.05, 0) is 40.1 Å². The summed E-state index contributed by atoms with van der Waals surface area (Å²) >= 11 is 1.50. The van der Waals surface area contributed by atoms with Crippen LogP contribution < -0.4 is 5.32 Å². The number of carbonyl (C=O) groups excluding carboxylic acids is 1. The lowest BCUT2D eigenvalue weighted by Gasteiger charge is -2.10. The predicted octanol–water partition coefficient (Wildman–Crippen LogP) is 2.28. The van der Waals surface area contributed by atoms with Gasteiger partial charge in [0.25, 0.3) is 0 Å². The summed E-state index contributed by atoms with van der Waals surface area (Å²) in [4.78, 5) is 11.7. The molecule has 0 radical (unpaired) electrons. The van der Waals surface area contributed by atoms with Crippen LogP contribution in [0.15, 0.2) is 41.1 Å². The van der Waals surface area contributed by atoms with Crippen LogP contribution in [0.25, 0.3) is 0 Å². The first-order chi connectivity index (χ1) is 9.15. The van der Waals surface area contributed by atoms with E-state index in [9.17, 15) is 14.3 Å². The van der Waals surface area contributed by atoms with Gasteiger partial charge in [-0.25, -0.2) is 4.39 Å². The van der Waals surface area contributed by atoms with Crippen LogP contribution in [-0.4, -0.2) is 17.6 Å². The second-order valence-corrected chi connectivity index (χ2v) is 4.96. The Labute approximate surface area is 114 Å². The van der Waals surface area contributed by atoms with Crippen LogP contribution in [0.2, 0.25) is 0 Å². The number of aliphatic hydroxyl groups excluding tert-OH is 1. The quantitative estimate of drug-likeness (QED) is 0.882. The standard InChI is InChI=1S/C14H14FNO2S/c15-12-3-1-10(2-4-12)7-14(18)16-8-13(17)11-5-6-19-9-11/h1-6,9,13,17H,7-8H2,(H,16,18)/t13-/m0/s1. The fourth-order valence-electron chi connectivity index (χ4n) is 1.64. The maximum absolute atomic E-state index is 12.7. The van der Waals surface area contributed by atoms with Gasteiger partial charge in [0, 0.05) is 6.54 Å². The average Bonchev–Trinajstić information content (AvgIpc) is 2.93. The number of hydrogen-bond donors (Lipinski definition) is 2. The van der Waals surface area contributed by atoms with Gasteiger partial charge in [0.2, 0.25) is 5.91 Å². The largest absolute Gasteiger partial charge is 0.387 e. The first-order valence-corrected chi connectivity index (χ1v) is 6.81. The van der Waals surface area contributed by atoms with E-state index in [4.69, 9.17) is 0 Å². The Morgan fingerprint density at radius 3 is 2.68 bits per heavy atom. The van der Waals surface area contributed by atoms with Crippen LogP contribution in [0.1, 0.15) is 17.2 Å². The molecule has 5 heteroatoms. The van der Waals surface area contributed by atoms with E-state index in [0.717, 1.165) is 11.1 Å². The van der Waals surface area contributed by atoms with E-state index in [2.05, 4.69) is 5.32 Å². The van der Waals surface area contributed by atoms with Crippen LogP contribution in [0, 0.1) is 5.82 Å². The highest BCUT2D eigenvalue weighted by Gasteiger charge is 2.10. The highest BCUT2D eigenvalue weighted by molar-refractivity contribution is 7.07. The van der Waals surface area contributed by atoms with E-state index in [1.165, 1.54) is 23.5 Å². The van der Waals surface area contributed by atoms with Gasteiger partial charge in [0.15, 0.2) is 0 Å². The molecule has 0 unspecified atom stereocenters. The minimum atomic E-state index is -0.691. The molecule has 0 aliphatic heterocycles. The molecule has 0 saturated heterocycles. The fourth-order valence-corrected chi connectivity index (χ4v) is 2.35. The molecule has 2 aromatic rings. The van der Waals surface area contributed by atoms with Crippen molar-refractivity contribution in [2.75, 3.05) is 6.54 Å². The van der Waals surface area contributed by atoms with Crippen LogP contribution in [-0.2, 0) is 11.2 Å². The summed E-state index contributed by atoms with van der Waals surface area (Å²) in [6.07, 6.45) is -0.514. The van der Waals surface area contributed by atoms with E-state index >= 15 is 0 Å². The molecule has 100 valence electrons. The molecule has 0 aliphatic carbocycles. The summed E-state index contributed by atoms with van der Waals surface area (Å²) in [7, 11) is 0. The Morgan fingerprint density at radius 1 is 1.32 bits per heavy atom. The van der Waals surface area contributed by atoms with Gasteiger partial charge in [-0.1, -0.05) is 12.1 Å². The van der Waals surface area contributed by atoms with Gasteiger partial charge in [-0.2, -0.15) is 11.3 Å². The van der Waals surface area contributed by atoms with E-state index in [-0.39, 0.29) is 24.7 Å². The number of amides is 1. The molecule has 1 heterocycles. The monoisotopic (exact) mass is 279 g/mol. The summed E-state index contributed by atoms with van der Waals surface area (Å²) in [6.45, 7) is 0.177. The van der Waals surface area contributed by atoms with E-state index < -0.39 is 6.10 Å². The van der Waals surface area contributed by atoms with Crippen molar-refractivity contribution in [1.82, 2.24) is 5.32 Å². The maximum Gasteiger partial charge on any atom is 0.224 e. The zero-order valence-corrected chi connectivity index (χ0v) is 11.0. The third kappa shape index (κ3) is 4.15. The van der Waals surface area contributed by atoms with Crippen LogP contribution >= 0.6 is 11.3 Å². The Morgan fingerprint density at radius 2 is 2.05 bits per heavy atom. The van der Waals surface area contributed by atoms with Crippen molar-refractivity contribution in [1.29, 1.82) is 0 Å². The molecule has 0 aliphatic rings. The lowest BCUT2D eigenvalue weighted by Crippen LogP contribution is -2.29. The second kappa shape index (κ2) is 6.45. The van der Waals surface area contributed by atoms with Gasteiger partial charge in [-0.15, -0.1) is 0 Å². The lowest BCUT2D eigenvalue weighted by atomic mass is 10.1. The number of nitrogens with one attached hydrogen (secondary N) is 1. The molecule has 19 heavy (non-hydrogen) atoms. The number of carbonyl (C=O) groups is 1. The highest BCUT2D eigenvalue weighted by atomic mass is 32.1. The van der Waals surface area contributed by atoms with Gasteiger partial charge < -0.3 is 10.4 Å². The molecule has 1 atom stereocenters. The molecular weight excluding hydrogens is 265 g/mol. The summed E-state index contributed by atoms with van der Waals surface area (Å²) in [5.41, 5.74) is 1.54. The van der Waals surface area contributed by atoms with E-state index in [1.54, 1.807) is 12.1 Å². The fraction of sp³-hybridized carbons (Fsp3) is 0.214. The smallest absolute Gasteiger partial charge is 0.224 e. The number of benzene rings is 1. The molecule has 0 saturated carbocycles. The third-order valence-electron chi connectivity index (χ3n) is 2.70. The number of hydrogen-bond acceptors (Lipinski definition) is 3. The number of halogens is 1. The predicted molar refractivity (Wildman–Crippen MR) is 72.4 cm³/mol. The SMILES string of the molecule is O=C(Cc1ccc(F)cc1)NC[C@H](O)c1ccsc1. The molecule has 0 spiro atoms. The number of aliphatic hydroxyl groups is 1. The molecule has 1 aromatic heterocycles. The lowest BCUT2D eigenvalue weighted by molar-refractivity contribution is -0.120. The van der Waals surface area contributed by atoms with Crippen molar-refractivity contribution < 1.29 is 14.3 Å². The summed E-state index contributed by atoms with van der Waals surface area (Å²) in [6, 6.07) is 7.61. The normalized spacial score (nSPS) is 12.1. The summed E-state index contributed by atoms with van der Waals surface area (Å²) in [5, 5.41) is 16.2. The maximum atomic E-state index is 12.7. The molecule has 3 nitrogen and oxygen atoms in total. The van der Waals surface area contributed by atoms with Gasteiger partial charge >= 0.3 is 0 Å².